The van der Waals surface area contributed by atoms with E-state index in [-0.39, 0.29) is 0 Å². The number of aromatic nitrogens is 5. The van der Waals surface area contributed by atoms with Crippen LogP contribution in [0.3, 0.4) is 0 Å². The van der Waals surface area contributed by atoms with Crippen molar-refractivity contribution in [2.75, 3.05) is 0 Å². The van der Waals surface area contributed by atoms with Gasteiger partial charge in [-0.25, -0.2) is 15.0 Å². The normalized spacial score (nSPS) is 11.0. The Labute approximate surface area is 314 Å². The fraction of sp³-hybridized carbons (Fsp3) is 0. The zero-order valence-electron chi connectivity index (χ0n) is 29.3. The Bertz CT molecular complexity index is 2610. The van der Waals surface area contributed by atoms with Crippen LogP contribution in [0.15, 0.2) is 201 Å². The molecule has 9 aromatic rings. The molecule has 0 aliphatic rings. The highest BCUT2D eigenvalue weighted by molar-refractivity contribution is 5.84. The van der Waals surface area contributed by atoms with Gasteiger partial charge in [-0.3, -0.25) is 9.97 Å². The molecule has 0 aliphatic carbocycles. The zero-order valence-corrected chi connectivity index (χ0v) is 29.3. The van der Waals surface area contributed by atoms with Crippen molar-refractivity contribution < 1.29 is 0 Å². The van der Waals surface area contributed by atoms with Crippen molar-refractivity contribution in [3.8, 4) is 89.8 Å². The lowest BCUT2D eigenvalue weighted by Gasteiger charge is -2.13. The average molecular weight is 692 g/mol. The maximum absolute atomic E-state index is 4.91. The van der Waals surface area contributed by atoms with E-state index in [2.05, 4.69) is 156 Å². The number of nitrogens with zero attached hydrogens (tertiary/aromatic N) is 5. The summed E-state index contributed by atoms with van der Waals surface area (Å²) in [5, 5.41) is 0. The van der Waals surface area contributed by atoms with E-state index in [1.807, 2.05) is 30.3 Å². The van der Waals surface area contributed by atoms with Gasteiger partial charge in [-0.2, -0.15) is 0 Å². The Morgan fingerprint density at radius 1 is 0.204 bits per heavy atom. The summed E-state index contributed by atoms with van der Waals surface area (Å²) in [6, 6.07) is 61.7. The van der Waals surface area contributed by atoms with Crippen molar-refractivity contribution in [3.05, 3.63) is 201 Å². The quantitative estimate of drug-likeness (QED) is 0.159. The SMILES string of the molecule is c1ccc(-c2ccc(-c3cc(-c4ccc(-c5nc(-c6ccncc6)nc(-c6ccncc6)n5)cc4)cc(-c4cccc(-c5ccccc5)c4)c3)cc2)cc1. The third-order valence-electron chi connectivity index (χ3n) is 9.55. The van der Waals surface area contributed by atoms with Gasteiger partial charge in [0.1, 0.15) is 0 Å². The van der Waals surface area contributed by atoms with Crippen LogP contribution in [0.1, 0.15) is 0 Å². The van der Waals surface area contributed by atoms with E-state index in [4.69, 9.17) is 15.0 Å². The van der Waals surface area contributed by atoms with Gasteiger partial charge in [0.2, 0.25) is 0 Å². The van der Waals surface area contributed by atoms with Crippen LogP contribution in [-0.2, 0) is 0 Å². The monoisotopic (exact) mass is 691 g/mol. The highest BCUT2D eigenvalue weighted by Gasteiger charge is 2.14. The summed E-state index contributed by atoms with van der Waals surface area (Å²) in [6.45, 7) is 0. The summed E-state index contributed by atoms with van der Waals surface area (Å²) < 4.78 is 0. The molecule has 0 unspecified atom stereocenters. The Hall–Kier alpha value is -7.37. The molecule has 0 spiro atoms. The van der Waals surface area contributed by atoms with E-state index in [1.165, 1.54) is 22.3 Å². The molecule has 0 fully saturated rings. The second kappa shape index (κ2) is 14.7. The first-order valence-corrected chi connectivity index (χ1v) is 17.9. The Balaban J connectivity index is 1.12. The average Bonchev–Trinajstić information content (AvgIpc) is 3.27. The lowest BCUT2D eigenvalue weighted by molar-refractivity contribution is 1.07. The molecule has 3 aromatic heterocycles. The number of pyridine rings is 2. The van der Waals surface area contributed by atoms with Gasteiger partial charge in [-0.05, 0) is 104 Å². The molecule has 254 valence electrons. The fourth-order valence-corrected chi connectivity index (χ4v) is 6.70. The minimum Gasteiger partial charge on any atom is -0.265 e. The molecule has 0 aliphatic heterocycles. The molecule has 0 N–H and O–H groups in total. The first-order valence-electron chi connectivity index (χ1n) is 17.9. The molecule has 0 amide bonds. The smallest absolute Gasteiger partial charge is 0.164 e. The van der Waals surface area contributed by atoms with Crippen molar-refractivity contribution in [2.45, 2.75) is 0 Å². The number of rotatable bonds is 8. The van der Waals surface area contributed by atoms with Crippen LogP contribution in [-0.4, -0.2) is 24.9 Å². The Morgan fingerprint density at radius 2 is 0.481 bits per heavy atom. The third kappa shape index (κ3) is 6.94. The van der Waals surface area contributed by atoms with E-state index in [0.717, 1.165) is 50.1 Å². The molecule has 5 nitrogen and oxygen atoms in total. The maximum atomic E-state index is 4.91. The van der Waals surface area contributed by atoms with E-state index < -0.39 is 0 Å². The topological polar surface area (TPSA) is 64.5 Å². The van der Waals surface area contributed by atoms with Crippen LogP contribution in [0.2, 0.25) is 0 Å². The second-order valence-corrected chi connectivity index (χ2v) is 13.0. The van der Waals surface area contributed by atoms with Crippen LogP contribution in [0.25, 0.3) is 89.8 Å². The molecule has 3 heterocycles. The van der Waals surface area contributed by atoms with Crippen molar-refractivity contribution in [1.29, 1.82) is 0 Å². The summed E-state index contributed by atoms with van der Waals surface area (Å²) >= 11 is 0. The number of benzene rings is 6. The zero-order chi connectivity index (χ0) is 36.1. The van der Waals surface area contributed by atoms with Crippen LogP contribution >= 0.6 is 0 Å². The minimum absolute atomic E-state index is 0.589. The summed E-state index contributed by atoms with van der Waals surface area (Å²) in [6.07, 6.45) is 6.99. The molecule has 6 aromatic carbocycles. The summed E-state index contributed by atoms with van der Waals surface area (Å²) in [4.78, 5) is 23.0. The molecule has 5 heteroatoms. The third-order valence-corrected chi connectivity index (χ3v) is 9.55. The van der Waals surface area contributed by atoms with Crippen LogP contribution in [0.4, 0.5) is 0 Å². The largest absolute Gasteiger partial charge is 0.265 e. The van der Waals surface area contributed by atoms with E-state index in [9.17, 15) is 0 Å². The van der Waals surface area contributed by atoms with Gasteiger partial charge in [0.05, 0.1) is 0 Å². The lowest BCUT2D eigenvalue weighted by atomic mass is 9.91. The lowest BCUT2D eigenvalue weighted by Crippen LogP contribution is -2.00. The van der Waals surface area contributed by atoms with Crippen LogP contribution in [0, 0.1) is 0 Å². The van der Waals surface area contributed by atoms with Crippen molar-refractivity contribution in [3.63, 3.8) is 0 Å². The summed E-state index contributed by atoms with van der Waals surface area (Å²) in [5.41, 5.74) is 14.3. The van der Waals surface area contributed by atoms with Crippen molar-refractivity contribution in [1.82, 2.24) is 24.9 Å². The highest BCUT2D eigenvalue weighted by Crippen LogP contribution is 2.36. The van der Waals surface area contributed by atoms with Crippen molar-refractivity contribution >= 4 is 0 Å². The predicted molar refractivity (Wildman–Crippen MR) is 219 cm³/mol. The van der Waals surface area contributed by atoms with E-state index >= 15 is 0 Å². The Kier molecular flexibility index (Phi) is 8.86. The van der Waals surface area contributed by atoms with E-state index in [1.54, 1.807) is 24.8 Å². The molecule has 0 bridgehead atoms. The van der Waals surface area contributed by atoms with Crippen LogP contribution < -0.4 is 0 Å². The molecule has 0 atom stereocenters. The molecular formula is C49H33N5. The number of hydrogen-bond acceptors (Lipinski definition) is 5. The van der Waals surface area contributed by atoms with Gasteiger partial charge in [-0.1, -0.05) is 127 Å². The standard InChI is InChI=1S/C49H33N5/c1-3-8-34(9-4-1)36-14-16-37(17-15-36)44-31-45(33-46(32-44)43-13-7-12-42(30-43)35-10-5-2-6-11-35)38-18-20-39(21-19-38)47-52-48(40-22-26-50-27-23-40)54-49(53-47)41-24-28-51-29-25-41/h1-33H. The molecule has 54 heavy (non-hydrogen) atoms. The van der Waals surface area contributed by atoms with E-state index in [0.29, 0.717) is 17.5 Å². The molecule has 9 rings (SSSR count). The maximum Gasteiger partial charge on any atom is 0.164 e. The molecule has 0 radical (unpaired) electrons. The van der Waals surface area contributed by atoms with Crippen LogP contribution in [0.5, 0.6) is 0 Å². The number of hydrogen-bond donors (Lipinski definition) is 0. The Morgan fingerprint density at radius 3 is 0.926 bits per heavy atom. The summed E-state index contributed by atoms with van der Waals surface area (Å²) in [7, 11) is 0. The van der Waals surface area contributed by atoms with Crippen molar-refractivity contribution in [2.24, 2.45) is 0 Å². The van der Waals surface area contributed by atoms with Gasteiger partial charge in [0, 0.05) is 41.5 Å². The molecule has 0 saturated carbocycles. The summed E-state index contributed by atoms with van der Waals surface area (Å²) in [5.74, 6) is 1.78. The van der Waals surface area contributed by atoms with Gasteiger partial charge in [-0.15, -0.1) is 0 Å². The van der Waals surface area contributed by atoms with Gasteiger partial charge in [0.15, 0.2) is 17.5 Å². The first-order chi connectivity index (χ1) is 26.7. The molecular weight excluding hydrogens is 659 g/mol. The molecule has 0 saturated heterocycles. The highest BCUT2D eigenvalue weighted by atomic mass is 15.0. The van der Waals surface area contributed by atoms with Gasteiger partial charge in [0.25, 0.3) is 0 Å². The second-order valence-electron chi connectivity index (χ2n) is 13.0. The predicted octanol–water partition coefficient (Wildman–Crippen LogP) is 12.0. The fourth-order valence-electron chi connectivity index (χ4n) is 6.70. The first kappa shape index (κ1) is 32.5. The van der Waals surface area contributed by atoms with Gasteiger partial charge >= 0.3 is 0 Å². The van der Waals surface area contributed by atoms with Gasteiger partial charge < -0.3 is 0 Å². The minimum atomic E-state index is 0.589.